The van der Waals surface area contributed by atoms with E-state index in [2.05, 4.69) is 42.7 Å². The highest BCUT2D eigenvalue weighted by Crippen LogP contribution is 2.13. The summed E-state index contributed by atoms with van der Waals surface area (Å²) >= 11 is 0. The molecule has 2 rings (SSSR count). The number of aliphatic hydroxyl groups excluding tert-OH is 1. The minimum Gasteiger partial charge on any atom is -0.392 e. The second-order valence-corrected chi connectivity index (χ2v) is 5.89. The van der Waals surface area contributed by atoms with Crippen molar-refractivity contribution in [3.8, 4) is 0 Å². The van der Waals surface area contributed by atoms with Crippen LogP contribution in [-0.2, 0) is 11.2 Å². The molecule has 1 aliphatic rings. The van der Waals surface area contributed by atoms with E-state index in [-0.39, 0.29) is 18.0 Å². The molecule has 4 heteroatoms. The molecule has 3 atom stereocenters. The number of hydrogen-bond acceptors (Lipinski definition) is 3. The molecule has 1 heterocycles. The van der Waals surface area contributed by atoms with Crippen molar-refractivity contribution in [1.82, 2.24) is 10.6 Å². The lowest BCUT2D eigenvalue weighted by molar-refractivity contribution is -0.123. The normalized spacial score (nSPS) is 23.6. The summed E-state index contributed by atoms with van der Waals surface area (Å²) in [5, 5.41) is 15.5. The Balaban J connectivity index is 1.88. The molecule has 3 unspecified atom stereocenters. The Hall–Kier alpha value is -1.39. The first-order valence-corrected chi connectivity index (χ1v) is 7.23. The van der Waals surface area contributed by atoms with E-state index in [1.807, 2.05) is 6.92 Å². The van der Waals surface area contributed by atoms with Crippen LogP contribution in [0.2, 0.25) is 0 Å². The standard InChI is InChI=1S/C16H24N2O2/c1-10-4-5-13(11(2)6-10)7-12(3)18-16(20)15-8-14(19)9-17-15/h4-6,12,14-15,17,19H,7-9H2,1-3H3,(H,18,20). The number of β-amino-alcohol motifs (C(OH)–C–C–N with tert-alkyl or cyclic N) is 1. The van der Waals surface area contributed by atoms with Gasteiger partial charge in [-0.1, -0.05) is 23.8 Å². The molecular weight excluding hydrogens is 252 g/mol. The van der Waals surface area contributed by atoms with Gasteiger partial charge in [0.25, 0.3) is 0 Å². The van der Waals surface area contributed by atoms with Gasteiger partial charge in [-0.2, -0.15) is 0 Å². The third-order valence-electron chi connectivity index (χ3n) is 3.84. The highest BCUT2D eigenvalue weighted by Gasteiger charge is 2.28. The summed E-state index contributed by atoms with van der Waals surface area (Å²) in [6.45, 7) is 6.71. The second-order valence-electron chi connectivity index (χ2n) is 5.89. The molecule has 0 spiro atoms. The zero-order valence-corrected chi connectivity index (χ0v) is 12.4. The molecule has 1 aromatic rings. The number of aryl methyl sites for hydroxylation is 2. The minimum absolute atomic E-state index is 0.0150. The third kappa shape index (κ3) is 3.81. The van der Waals surface area contributed by atoms with Gasteiger partial charge in [0.2, 0.25) is 5.91 Å². The SMILES string of the molecule is Cc1ccc(CC(C)NC(=O)C2CC(O)CN2)c(C)c1. The van der Waals surface area contributed by atoms with Gasteiger partial charge >= 0.3 is 0 Å². The van der Waals surface area contributed by atoms with E-state index < -0.39 is 6.10 Å². The lowest BCUT2D eigenvalue weighted by Crippen LogP contribution is -2.44. The van der Waals surface area contributed by atoms with Crippen molar-refractivity contribution in [2.24, 2.45) is 0 Å². The van der Waals surface area contributed by atoms with E-state index in [1.54, 1.807) is 0 Å². The van der Waals surface area contributed by atoms with Gasteiger partial charge in [0.05, 0.1) is 12.1 Å². The molecule has 1 aromatic carbocycles. The molecule has 0 aromatic heterocycles. The van der Waals surface area contributed by atoms with Gasteiger partial charge in [0.1, 0.15) is 0 Å². The van der Waals surface area contributed by atoms with Crippen molar-refractivity contribution < 1.29 is 9.90 Å². The first kappa shape index (κ1) is 15.0. The first-order valence-electron chi connectivity index (χ1n) is 7.23. The van der Waals surface area contributed by atoms with Crippen molar-refractivity contribution in [3.63, 3.8) is 0 Å². The molecule has 110 valence electrons. The van der Waals surface area contributed by atoms with Crippen LogP contribution < -0.4 is 10.6 Å². The Kier molecular flexibility index (Phi) is 4.78. The van der Waals surface area contributed by atoms with E-state index in [0.29, 0.717) is 13.0 Å². The maximum atomic E-state index is 12.0. The number of carbonyl (C=O) groups is 1. The summed E-state index contributed by atoms with van der Waals surface area (Å²) in [6.07, 6.45) is 0.926. The van der Waals surface area contributed by atoms with Crippen LogP contribution in [0.5, 0.6) is 0 Å². The van der Waals surface area contributed by atoms with Gasteiger partial charge in [0, 0.05) is 12.6 Å². The number of rotatable bonds is 4. The van der Waals surface area contributed by atoms with Gasteiger partial charge < -0.3 is 15.7 Å². The number of benzene rings is 1. The summed E-state index contributed by atoms with van der Waals surface area (Å²) in [7, 11) is 0. The molecule has 3 N–H and O–H groups in total. The third-order valence-corrected chi connectivity index (χ3v) is 3.84. The molecule has 0 bridgehead atoms. The predicted molar refractivity (Wildman–Crippen MR) is 79.6 cm³/mol. The number of amides is 1. The van der Waals surface area contributed by atoms with Gasteiger partial charge in [-0.05, 0) is 44.7 Å². The summed E-state index contributed by atoms with van der Waals surface area (Å²) in [5.41, 5.74) is 3.79. The molecule has 1 saturated heterocycles. The number of carbonyl (C=O) groups excluding carboxylic acids is 1. The fourth-order valence-corrected chi connectivity index (χ4v) is 2.72. The van der Waals surface area contributed by atoms with Crippen LogP contribution >= 0.6 is 0 Å². The summed E-state index contributed by atoms with van der Waals surface area (Å²) in [4.78, 5) is 12.0. The van der Waals surface area contributed by atoms with Crippen molar-refractivity contribution in [2.75, 3.05) is 6.54 Å². The largest absolute Gasteiger partial charge is 0.392 e. The lowest BCUT2D eigenvalue weighted by atomic mass is 10.00. The van der Waals surface area contributed by atoms with Crippen LogP contribution in [0, 0.1) is 13.8 Å². The zero-order chi connectivity index (χ0) is 14.7. The average molecular weight is 276 g/mol. The maximum absolute atomic E-state index is 12.0. The fraction of sp³-hybridized carbons (Fsp3) is 0.562. The first-order chi connectivity index (χ1) is 9.45. The Morgan fingerprint density at radius 2 is 2.25 bits per heavy atom. The Bertz CT molecular complexity index is 487. The number of hydrogen-bond donors (Lipinski definition) is 3. The highest BCUT2D eigenvalue weighted by molar-refractivity contribution is 5.82. The molecule has 0 radical (unpaired) electrons. The molecule has 1 fully saturated rings. The number of aliphatic hydroxyl groups is 1. The summed E-state index contributed by atoms with van der Waals surface area (Å²) in [6, 6.07) is 6.23. The molecule has 20 heavy (non-hydrogen) atoms. The molecular formula is C16H24N2O2. The van der Waals surface area contributed by atoms with Crippen molar-refractivity contribution in [3.05, 3.63) is 34.9 Å². The van der Waals surface area contributed by atoms with E-state index >= 15 is 0 Å². The quantitative estimate of drug-likeness (QED) is 0.771. The minimum atomic E-state index is -0.402. The van der Waals surface area contributed by atoms with Crippen LogP contribution in [0.25, 0.3) is 0 Å². The molecule has 4 nitrogen and oxygen atoms in total. The molecule has 1 amide bonds. The van der Waals surface area contributed by atoms with Gasteiger partial charge in [0.15, 0.2) is 0 Å². The second kappa shape index (κ2) is 6.37. The summed E-state index contributed by atoms with van der Waals surface area (Å²) in [5.74, 6) is -0.0150. The van der Waals surface area contributed by atoms with E-state index in [1.165, 1.54) is 16.7 Å². The smallest absolute Gasteiger partial charge is 0.237 e. The Morgan fingerprint density at radius 1 is 1.50 bits per heavy atom. The topological polar surface area (TPSA) is 61.4 Å². The fourth-order valence-electron chi connectivity index (χ4n) is 2.72. The Labute approximate surface area is 120 Å². The van der Waals surface area contributed by atoms with Gasteiger partial charge in [-0.15, -0.1) is 0 Å². The maximum Gasteiger partial charge on any atom is 0.237 e. The van der Waals surface area contributed by atoms with Crippen LogP contribution in [0.4, 0.5) is 0 Å². The zero-order valence-electron chi connectivity index (χ0n) is 12.4. The molecule has 0 saturated carbocycles. The predicted octanol–water partition coefficient (Wildman–Crippen LogP) is 1.07. The number of nitrogens with one attached hydrogen (secondary N) is 2. The van der Waals surface area contributed by atoms with E-state index in [0.717, 1.165) is 6.42 Å². The van der Waals surface area contributed by atoms with Gasteiger partial charge in [-0.3, -0.25) is 4.79 Å². The monoisotopic (exact) mass is 276 g/mol. The lowest BCUT2D eigenvalue weighted by Gasteiger charge is -2.18. The molecule has 0 aliphatic carbocycles. The van der Waals surface area contributed by atoms with E-state index in [4.69, 9.17) is 0 Å². The highest BCUT2D eigenvalue weighted by atomic mass is 16.3. The molecule has 1 aliphatic heterocycles. The van der Waals surface area contributed by atoms with Crippen molar-refractivity contribution in [1.29, 1.82) is 0 Å². The summed E-state index contributed by atoms with van der Waals surface area (Å²) < 4.78 is 0. The Morgan fingerprint density at radius 3 is 2.85 bits per heavy atom. The average Bonchev–Trinajstić information content (AvgIpc) is 2.79. The van der Waals surface area contributed by atoms with Crippen LogP contribution in [0.3, 0.4) is 0 Å². The van der Waals surface area contributed by atoms with E-state index in [9.17, 15) is 9.90 Å². The van der Waals surface area contributed by atoms with Crippen LogP contribution in [0.1, 0.15) is 30.0 Å². The van der Waals surface area contributed by atoms with Crippen molar-refractivity contribution >= 4 is 5.91 Å². The van der Waals surface area contributed by atoms with Crippen LogP contribution in [0.15, 0.2) is 18.2 Å². The van der Waals surface area contributed by atoms with Crippen molar-refractivity contribution in [2.45, 2.75) is 51.8 Å². The van der Waals surface area contributed by atoms with Gasteiger partial charge in [-0.25, -0.2) is 0 Å². The van der Waals surface area contributed by atoms with Crippen LogP contribution in [-0.4, -0.2) is 35.7 Å².